The molecule has 2 aliphatic carbocycles. The molecule has 2 fully saturated rings. The topological polar surface area (TPSA) is 0 Å². The van der Waals surface area contributed by atoms with Gasteiger partial charge in [0.2, 0.25) is 0 Å². The molecule has 0 radical (unpaired) electrons. The van der Waals surface area contributed by atoms with Gasteiger partial charge in [-0.2, -0.15) is 0 Å². The first-order chi connectivity index (χ1) is 10.8. The molecule has 0 aliphatic heterocycles. The Labute approximate surface area is 140 Å². The van der Waals surface area contributed by atoms with Crippen LogP contribution in [0.5, 0.6) is 0 Å². The highest BCUT2D eigenvalue weighted by molar-refractivity contribution is 4.82. The summed E-state index contributed by atoms with van der Waals surface area (Å²) in [5.41, 5.74) is 0. The normalized spacial score (nSPS) is 28.6. The molecule has 2 saturated carbocycles. The van der Waals surface area contributed by atoms with Crippen molar-refractivity contribution in [1.82, 2.24) is 0 Å². The smallest absolute Gasteiger partial charge is 0.0358 e. The predicted molar refractivity (Wildman–Crippen MR) is 99.2 cm³/mol. The monoisotopic (exact) mass is 306 g/mol. The standard InChI is InChI=1S/C22H42/c1-3-5-7-14-20(4-2)22-16-11-10-15-21(22)18-17-19-12-8-6-9-13-19/h19-22H,3-18H2,1-2H3/t20-,21+,22?/m1/s1. The molecule has 0 aromatic heterocycles. The summed E-state index contributed by atoms with van der Waals surface area (Å²) in [6.45, 7) is 4.80. The zero-order valence-corrected chi connectivity index (χ0v) is 15.6. The molecule has 0 N–H and O–H groups in total. The average Bonchev–Trinajstić information content (AvgIpc) is 2.58. The van der Waals surface area contributed by atoms with Crippen LogP contribution in [-0.4, -0.2) is 0 Å². The van der Waals surface area contributed by atoms with Crippen LogP contribution in [-0.2, 0) is 0 Å². The van der Waals surface area contributed by atoms with Crippen molar-refractivity contribution in [2.24, 2.45) is 23.7 Å². The lowest BCUT2D eigenvalue weighted by Gasteiger charge is -2.38. The molecule has 0 heterocycles. The van der Waals surface area contributed by atoms with E-state index < -0.39 is 0 Å². The Morgan fingerprint density at radius 1 is 0.773 bits per heavy atom. The summed E-state index contributed by atoms with van der Waals surface area (Å²) < 4.78 is 0. The molecule has 0 amide bonds. The fraction of sp³-hybridized carbons (Fsp3) is 1.00. The maximum absolute atomic E-state index is 2.46. The van der Waals surface area contributed by atoms with E-state index in [9.17, 15) is 0 Å². The predicted octanol–water partition coefficient (Wildman–Crippen LogP) is 7.76. The van der Waals surface area contributed by atoms with Gasteiger partial charge in [0.25, 0.3) is 0 Å². The second kappa shape index (κ2) is 10.7. The molecule has 2 rings (SSSR count). The molecular formula is C22H42. The Morgan fingerprint density at radius 2 is 1.50 bits per heavy atom. The molecule has 0 saturated heterocycles. The zero-order chi connectivity index (χ0) is 15.6. The Hall–Kier alpha value is 0. The SMILES string of the molecule is CCCCC[C@@H](CC)C1CCCC[C@H]1CCC1CCCCC1. The third kappa shape index (κ3) is 5.89. The van der Waals surface area contributed by atoms with Crippen LogP contribution in [0.15, 0.2) is 0 Å². The summed E-state index contributed by atoms with van der Waals surface area (Å²) in [4.78, 5) is 0. The van der Waals surface area contributed by atoms with Crippen molar-refractivity contribution in [2.45, 2.75) is 117 Å². The Balaban J connectivity index is 1.80. The van der Waals surface area contributed by atoms with Crippen molar-refractivity contribution in [3.05, 3.63) is 0 Å². The second-order valence-electron chi connectivity index (χ2n) is 8.45. The largest absolute Gasteiger partial charge is 0.0654 e. The van der Waals surface area contributed by atoms with E-state index in [0.29, 0.717) is 0 Å². The van der Waals surface area contributed by atoms with Crippen LogP contribution in [0.1, 0.15) is 117 Å². The van der Waals surface area contributed by atoms with Gasteiger partial charge in [-0.3, -0.25) is 0 Å². The minimum absolute atomic E-state index is 1.04. The fourth-order valence-electron chi connectivity index (χ4n) is 5.52. The molecule has 0 heteroatoms. The molecular weight excluding hydrogens is 264 g/mol. The van der Waals surface area contributed by atoms with Crippen molar-refractivity contribution in [3.8, 4) is 0 Å². The first-order valence-corrected chi connectivity index (χ1v) is 10.8. The summed E-state index contributed by atoms with van der Waals surface area (Å²) in [5.74, 6) is 4.31. The average molecular weight is 307 g/mol. The Bertz CT molecular complexity index is 263. The van der Waals surface area contributed by atoms with E-state index in [1.807, 2.05) is 0 Å². The van der Waals surface area contributed by atoms with Crippen LogP contribution in [0.4, 0.5) is 0 Å². The number of hydrogen-bond acceptors (Lipinski definition) is 0. The molecule has 1 unspecified atom stereocenters. The van der Waals surface area contributed by atoms with Gasteiger partial charge in [-0.15, -0.1) is 0 Å². The van der Waals surface area contributed by atoms with Crippen molar-refractivity contribution in [2.75, 3.05) is 0 Å². The summed E-state index contributed by atoms with van der Waals surface area (Å²) in [7, 11) is 0. The summed E-state index contributed by atoms with van der Waals surface area (Å²) in [5, 5.41) is 0. The summed E-state index contributed by atoms with van der Waals surface area (Å²) in [6.07, 6.45) is 24.2. The second-order valence-corrected chi connectivity index (χ2v) is 8.45. The molecule has 0 nitrogen and oxygen atoms in total. The van der Waals surface area contributed by atoms with Crippen LogP contribution in [0.2, 0.25) is 0 Å². The lowest BCUT2D eigenvalue weighted by atomic mass is 9.68. The van der Waals surface area contributed by atoms with E-state index in [2.05, 4.69) is 13.8 Å². The van der Waals surface area contributed by atoms with E-state index in [-0.39, 0.29) is 0 Å². The van der Waals surface area contributed by atoms with Gasteiger partial charge in [-0.05, 0) is 36.5 Å². The third-order valence-corrected chi connectivity index (χ3v) is 6.95. The number of unbranched alkanes of at least 4 members (excludes halogenated alkanes) is 2. The highest BCUT2D eigenvalue weighted by atomic mass is 14.4. The van der Waals surface area contributed by atoms with Crippen molar-refractivity contribution in [3.63, 3.8) is 0 Å². The van der Waals surface area contributed by atoms with Gasteiger partial charge in [-0.25, -0.2) is 0 Å². The van der Waals surface area contributed by atoms with Crippen molar-refractivity contribution < 1.29 is 0 Å². The lowest BCUT2D eigenvalue weighted by molar-refractivity contribution is 0.129. The van der Waals surface area contributed by atoms with E-state index in [1.54, 1.807) is 38.5 Å². The van der Waals surface area contributed by atoms with Gasteiger partial charge >= 0.3 is 0 Å². The van der Waals surface area contributed by atoms with Gasteiger partial charge in [0.15, 0.2) is 0 Å². The van der Waals surface area contributed by atoms with Gasteiger partial charge < -0.3 is 0 Å². The first-order valence-electron chi connectivity index (χ1n) is 10.8. The molecule has 2 aliphatic rings. The molecule has 130 valence electrons. The van der Waals surface area contributed by atoms with Crippen LogP contribution < -0.4 is 0 Å². The van der Waals surface area contributed by atoms with Gasteiger partial charge in [0.1, 0.15) is 0 Å². The molecule has 22 heavy (non-hydrogen) atoms. The van der Waals surface area contributed by atoms with Crippen LogP contribution in [0, 0.1) is 23.7 Å². The molecule has 3 atom stereocenters. The summed E-state index contributed by atoms with van der Waals surface area (Å²) in [6, 6.07) is 0. The lowest BCUT2D eigenvalue weighted by Crippen LogP contribution is -2.27. The Morgan fingerprint density at radius 3 is 2.23 bits per heavy atom. The minimum Gasteiger partial charge on any atom is -0.0654 e. The third-order valence-electron chi connectivity index (χ3n) is 6.95. The van der Waals surface area contributed by atoms with Crippen LogP contribution in [0.3, 0.4) is 0 Å². The van der Waals surface area contributed by atoms with E-state index in [4.69, 9.17) is 0 Å². The minimum atomic E-state index is 1.04. The summed E-state index contributed by atoms with van der Waals surface area (Å²) >= 11 is 0. The van der Waals surface area contributed by atoms with E-state index in [0.717, 1.165) is 23.7 Å². The first kappa shape index (κ1) is 18.3. The van der Waals surface area contributed by atoms with Gasteiger partial charge in [0.05, 0.1) is 0 Å². The molecule has 0 spiro atoms. The van der Waals surface area contributed by atoms with Gasteiger partial charge in [-0.1, -0.05) is 104 Å². The quantitative estimate of drug-likeness (QED) is 0.382. The molecule has 0 aromatic carbocycles. The highest BCUT2D eigenvalue weighted by Crippen LogP contribution is 2.42. The van der Waals surface area contributed by atoms with Crippen LogP contribution in [0.25, 0.3) is 0 Å². The number of hydrogen-bond donors (Lipinski definition) is 0. The van der Waals surface area contributed by atoms with Crippen LogP contribution >= 0.6 is 0 Å². The highest BCUT2D eigenvalue weighted by Gasteiger charge is 2.30. The fourth-order valence-corrected chi connectivity index (χ4v) is 5.52. The molecule has 0 aromatic rings. The van der Waals surface area contributed by atoms with Gasteiger partial charge in [0, 0.05) is 0 Å². The molecule has 0 bridgehead atoms. The maximum Gasteiger partial charge on any atom is -0.0358 e. The van der Waals surface area contributed by atoms with E-state index >= 15 is 0 Å². The maximum atomic E-state index is 2.46. The van der Waals surface area contributed by atoms with Crippen molar-refractivity contribution >= 4 is 0 Å². The number of rotatable bonds is 9. The Kier molecular flexibility index (Phi) is 8.93. The zero-order valence-electron chi connectivity index (χ0n) is 15.6. The van der Waals surface area contributed by atoms with Crippen molar-refractivity contribution in [1.29, 1.82) is 0 Å². The van der Waals surface area contributed by atoms with E-state index in [1.165, 1.54) is 64.2 Å².